The number of nitrogens with one attached hydrogen (secondary N) is 1. The van der Waals surface area contributed by atoms with Crippen molar-refractivity contribution in [2.24, 2.45) is 0 Å². The normalized spacial score (nSPS) is 13.5. The molecule has 0 bridgehead atoms. The van der Waals surface area contributed by atoms with Gasteiger partial charge in [-0.1, -0.05) is 0 Å². The Morgan fingerprint density at radius 3 is 2.39 bits per heavy atom. The largest absolute Gasteiger partial charge is 0.416 e. The molecule has 1 aromatic heterocycles. The summed E-state index contributed by atoms with van der Waals surface area (Å²) in [4.78, 5) is 31.2. The molecule has 0 unspecified atom stereocenters. The lowest BCUT2D eigenvalue weighted by Gasteiger charge is -2.23. The number of imidazole rings is 1. The molecule has 160 valence electrons. The predicted octanol–water partition coefficient (Wildman–Crippen LogP) is 4.04. The summed E-state index contributed by atoms with van der Waals surface area (Å²) in [5, 5.41) is 2.56. The third kappa shape index (κ3) is 4.03. The van der Waals surface area contributed by atoms with E-state index < -0.39 is 17.6 Å². The monoisotopic (exact) mass is 428 g/mol. The van der Waals surface area contributed by atoms with Crippen LogP contribution >= 0.6 is 0 Å². The second-order valence-electron chi connectivity index (χ2n) is 7.42. The minimum atomic E-state index is -4.45. The number of aromatic nitrogens is 2. The van der Waals surface area contributed by atoms with Crippen LogP contribution in [0, 0.1) is 13.8 Å². The third-order valence-corrected chi connectivity index (χ3v) is 5.27. The van der Waals surface area contributed by atoms with Crippen molar-refractivity contribution in [3.63, 3.8) is 0 Å². The number of benzene rings is 2. The van der Waals surface area contributed by atoms with E-state index in [9.17, 15) is 22.8 Å². The Hall–Kier alpha value is -3.62. The lowest BCUT2D eigenvalue weighted by Crippen LogP contribution is -2.38. The van der Waals surface area contributed by atoms with Crippen molar-refractivity contribution in [3.05, 3.63) is 71.3 Å². The van der Waals surface area contributed by atoms with Crippen molar-refractivity contribution in [3.8, 4) is 5.69 Å². The van der Waals surface area contributed by atoms with Crippen LogP contribution in [0.25, 0.3) is 5.69 Å². The molecule has 0 radical (unpaired) electrons. The Kier molecular flexibility index (Phi) is 5.04. The lowest BCUT2D eigenvalue weighted by molar-refractivity contribution is -0.137. The van der Waals surface area contributed by atoms with Crippen LogP contribution in [0.5, 0.6) is 0 Å². The molecule has 2 amide bonds. The summed E-state index contributed by atoms with van der Waals surface area (Å²) in [6.45, 7) is 3.60. The molecule has 2 heterocycles. The number of hydrogen-bond acceptors (Lipinski definition) is 3. The Bertz CT molecular complexity index is 1170. The zero-order valence-electron chi connectivity index (χ0n) is 16.8. The van der Waals surface area contributed by atoms with Gasteiger partial charge >= 0.3 is 6.18 Å². The first kappa shape index (κ1) is 20.6. The van der Waals surface area contributed by atoms with Crippen molar-refractivity contribution < 1.29 is 22.8 Å². The van der Waals surface area contributed by atoms with Gasteiger partial charge in [0.05, 0.1) is 23.4 Å². The van der Waals surface area contributed by atoms with E-state index in [1.54, 1.807) is 12.4 Å². The van der Waals surface area contributed by atoms with Gasteiger partial charge in [-0.2, -0.15) is 13.2 Å². The lowest BCUT2D eigenvalue weighted by atomic mass is 10.1. The molecule has 2 aromatic carbocycles. The molecule has 6 nitrogen and oxygen atoms in total. The average Bonchev–Trinajstić information content (AvgIpc) is 3.12. The van der Waals surface area contributed by atoms with Crippen LogP contribution in [0.2, 0.25) is 0 Å². The summed E-state index contributed by atoms with van der Waals surface area (Å²) in [6.07, 6.45) is -1.05. The topological polar surface area (TPSA) is 67.2 Å². The molecule has 1 aliphatic heterocycles. The number of aryl methyl sites for hydroxylation is 2. The number of carbonyl (C=O) groups is 2. The zero-order chi connectivity index (χ0) is 22.3. The van der Waals surface area contributed by atoms with Gasteiger partial charge in [0.2, 0.25) is 11.8 Å². The number of hydrogen-bond donors (Lipinski definition) is 1. The highest BCUT2D eigenvalue weighted by Crippen LogP contribution is 2.32. The summed E-state index contributed by atoms with van der Waals surface area (Å²) in [6, 6.07) is 7.95. The van der Waals surface area contributed by atoms with Gasteiger partial charge in [-0.3, -0.25) is 9.59 Å². The fourth-order valence-corrected chi connectivity index (χ4v) is 3.50. The average molecular weight is 428 g/mol. The number of anilines is 2. The minimum absolute atomic E-state index is 0.0212. The Morgan fingerprint density at radius 2 is 1.74 bits per heavy atom. The fourth-order valence-electron chi connectivity index (χ4n) is 3.50. The molecule has 3 aromatic rings. The maximum absolute atomic E-state index is 12.9. The van der Waals surface area contributed by atoms with Crippen LogP contribution in [-0.4, -0.2) is 27.9 Å². The van der Waals surface area contributed by atoms with E-state index in [-0.39, 0.29) is 24.6 Å². The zero-order valence-corrected chi connectivity index (χ0v) is 16.8. The van der Waals surface area contributed by atoms with Gasteiger partial charge in [-0.25, -0.2) is 4.98 Å². The van der Waals surface area contributed by atoms with Gasteiger partial charge < -0.3 is 14.8 Å². The molecule has 9 heteroatoms. The molecule has 0 saturated heterocycles. The molecule has 1 N–H and O–H groups in total. The first-order valence-corrected chi connectivity index (χ1v) is 9.55. The molecule has 0 atom stereocenters. The highest BCUT2D eigenvalue weighted by Gasteiger charge is 2.31. The number of halogens is 3. The van der Waals surface area contributed by atoms with E-state index in [4.69, 9.17) is 0 Å². The molecule has 0 spiro atoms. The molecular weight excluding hydrogens is 409 g/mol. The number of alkyl halides is 3. The van der Waals surface area contributed by atoms with Crippen molar-refractivity contribution in [2.75, 3.05) is 16.8 Å². The van der Waals surface area contributed by atoms with Gasteiger partial charge in [-0.05, 0) is 61.4 Å². The third-order valence-electron chi connectivity index (χ3n) is 5.27. The molecule has 0 fully saturated rings. The second kappa shape index (κ2) is 7.57. The van der Waals surface area contributed by atoms with Crippen LogP contribution in [0.3, 0.4) is 0 Å². The number of rotatable bonds is 3. The number of carbonyl (C=O) groups excluding carboxylic acids is 2. The first-order valence-electron chi connectivity index (χ1n) is 9.55. The molecule has 31 heavy (non-hydrogen) atoms. The summed E-state index contributed by atoms with van der Waals surface area (Å²) in [5.74, 6) is -0.242. The van der Waals surface area contributed by atoms with Gasteiger partial charge in [0.1, 0.15) is 12.4 Å². The highest BCUT2D eigenvalue weighted by molar-refractivity contribution is 6.05. The van der Waals surface area contributed by atoms with E-state index in [0.717, 1.165) is 28.9 Å². The highest BCUT2D eigenvalue weighted by atomic mass is 19.4. The standard InChI is InChI=1S/C22H19F3N4O2/c1-13-9-17-18(10-14(13)2)29(21(31)11-19-26-7-8-28(17)19)12-20(30)27-16-5-3-15(4-6-16)22(23,24)25/h3-10H,11-12H2,1-2H3,(H,27,30). The number of fused-ring (bicyclic) bond motifs is 3. The van der Waals surface area contributed by atoms with Crippen LogP contribution in [0.15, 0.2) is 48.8 Å². The van der Waals surface area contributed by atoms with Crippen LogP contribution in [-0.2, 0) is 22.2 Å². The van der Waals surface area contributed by atoms with Crippen molar-refractivity contribution >= 4 is 23.2 Å². The van der Waals surface area contributed by atoms with Gasteiger partial charge in [-0.15, -0.1) is 0 Å². The summed E-state index contributed by atoms with van der Waals surface area (Å²) >= 11 is 0. The Labute approximate surface area is 176 Å². The predicted molar refractivity (Wildman–Crippen MR) is 109 cm³/mol. The quantitative estimate of drug-likeness (QED) is 0.685. The number of amides is 2. The van der Waals surface area contributed by atoms with E-state index in [1.165, 1.54) is 17.0 Å². The van der Waals surface area contributed by atoms with E-state index >= 15 is 0 Å². The van der Waals surface area contributed by atoms with Crippen molar-refractivity contribution in [1.82, 2.24) is 9.55 Å². The van der Waals surface area contributed by atoms with Gasteiger partial charge in [0, 0.05) is 18.1 Å². The van der Waals surface area contributed by atoms with E-state index in [2.05, 4.69) is 10.3 Å². The molecule has 0 aliphatic carbocycles. The summed E-state index contributed by atoms with van der Waals surface area (Å²) in [5.41, 5.74) is 2.72. The Balaban J connectivity index is 1.61. The van der Waals surface area contributed by atoms with Crippen molar-refractivity contribution in [2.45, 2.75) is 26.4 Å². The van der Waals surface area contributed by atoms with E-state index in [0.29, 0.717) is 11.5 Å². The SMILES string of the molecule is Cc1cc2c(cc1C)-n1ccnc1CC(=O)N2CC(=O)Nc1ccc(C(F)(F)F)cc1. The maximum atomic E-state index is 12.9. The Morgan fingerprint density at radius 1 is 1.10 bits per heavy atom. The molecule has 4 rings (SSSR count). The van der Waals surface area contributed by atoms with Gasteiger partial charge in [0.15, 0.2) is 0 Å². The van der Waals surface area contributed by atoms with Crippen LogP contribution in [0.1, 0.15) is 22.5 Å². The summed E-state index contributed by atoms with van der Waals surface area (Å²) < 4.78 is 40.0. The molecular formula is C22H19F3N4O2. The smallest absolute Gasteiger partial charge is 0.325 e. The van der Waals surface area contributed by atoms with E-state index in [1.807, 2.05) is 30.5 Å². The fraction of sp³-hybridized carbons (Fsp3) is 0.227. The van der Waals surface area contributed by atoms with Crippen molar-refractivity contribution in [1.29, 1.82) is 0 Å². The first-order chi connectivity index (χ1) is 14.6. The van der Waals surface area contributed by atoms with Gasteiger partial charge in [0.25, 0.3) is 0 Å². The number of nitrogens with zero attached hydrogens (tertiary/aromatic N) is 3. The minimum Gasteiger partial charge on any atom is -0.325 e. The van der Waals surface area contributed by atoms with Crippen LogP contribution < -0.4 is 10.2 Å². The van der Waals surface area contributed by atoms with Crippen LogP contribution in [0.4, 0.5) is 24.5 Å². The molecule has 1 aliphatic rings. The maximum Gasteiger partial charge on any atom is 0.416 e. The summed E-state index contributed by atoms with van der Waals surface area (Å²) in [7, 11) is 0. The molecule has 0 saturated carbocycles. The second-order valence-corrected chi connectivity index (χ2v) is 7.42.